The second-order valence-corrected chi connectivity index (χ2v) is 9.78. The number of carbonyl (C=O) groups excluding carboxylic acids is 1. The summed E-state index contributed by atoms with van der Waals surface area (Å²) in [5.41, 5.74) is 4.66. The molecule has 2 aliphatic heterocycles. The maximum Gasteiger partial charge on any atom is 0.320 e. The van der Waals surface area contributed by atoms with Gasteiger partial charge in [-0.3, -0.25) is 0 Å². The maximum absolute atomic E-state index is 13.8. The number of rotatable bonds is 7. The van der Waals surface area contributed by atoms with Crippen molar-refractivity contribution in [2.75, 3.05) is 53.7 Å². The maximum atomic E-state index is 13.8. The number of aromatic amines is 1. The molecule has 0 aliphatic carbocycles. The van der Waals surface area contributed by atoms with Crippen molar-refractivity contribution < 1.29 is 23.7 Å². The molecule has 0 radical (unpaired) electrons. The lowest BCUT2D eigenvalue weighted by Gasteiger charge is -2.43. The zero-order valence-corrected chi connectivity index (χ0v) is 22.2. The molecule has 1 N–H and O–H groups in total. The number of carbonyl (C=O) groups is 1. The molecule has 1 saturated heterocycles. The number of fused-ring (bicyclic) bond motifs is 2. The minimum atomic E-state index is -0.0813. The van der Waals surface area contributed by atoms with E-state index in [9.17, 15) is 4.79 Å². The van der Waals surface area contributed by atoms with Crippen LogP contribution in [-0.4, -0.2) is 74.5 Å². The van der Waals surface area contributed by atoms with E-state index in [1.165, 1.54) is 11.1 Å². The molecule has 0 bridgehead atoms. The molecule has 3 heterocycles. The number of nitrogens with one attached hydrogen (secondary N) is 1. The molecular formula is C29H37N3O5. The van der Waals surface area contributed by atoms with E-state index >= 15 is 0 Å². The fourth-order valence-corrected chi connectivity index (χ4v) is 5.67. The van der Waals surface area contributed by atoms with Crippen LogP contribution in [-0.2, 0) is 11.2 Å². The summed E-state index contributed by atoms with van der Waals surface area (Å²) in [6, 6.07) is 10.3. The molecule has 2 atom stereocenters. The fraction of sp³-hybridized carbons (Fsp3) is 0.483. The van der Waals surface area contributed by atoms with Gasteiger partial charge in [-0.1, -0.05) is 6.92 Å². The summed E-state index contributed by atoms with van der Waals surface area (Å²) in [6.07, 6.45) is 3.68. The van der Waals surface area contributed by atoms with Crippen LogP contribution >= 0.6 is 0 Å². The van der Waals surface area contributed by atoms with Gasteiger partial charge < -0.3 is 33.7 Å². The molecule has 3 aromatic rings. The summed E-state index contributed by atoms with van der Waals surface area (Å²) in [5.74, 6) is 2.47. The number of H-pyrrole nitrogens is 1. The van der Waals surface area contributed by atoms with Crippen LogP contribution in [0, 0.1) is 0 Å². The monoisotopic (exact) mass is 507 g/mol. The van der Waals surface area contributed by atoms with Crippen molar-refractivity contribution in [3.8, 4) is 17.2 Å². The lowest BCUT2D eigenvalue weighted by Crippen LogP contribution is -2.51. The van der Waals surface area contributed by atoms with E-state index in [1.54, 1.807) is 14.2 Å². The highest BCUT2D eigenvalue weighted by Crippen LogP contribution is 2.44. The Morgan fingerprint density at radius 2 is 1.86 bits per heavy atom. The Balaban J connectivity index is 1.52. The molecule has 198 valence electrons. The molecule has 2 aliphatic rings. The van der Waals surface area contributed by atoms with Crippen molar-refractivity contribution in [3.05, 3.63) is 53.2 Å². The van der Waals surface area contributed by atoms with Gasteiger partial charge in [0, 0.05) is 36.7 Å². The molecule has 37 heavy (non-hydrogen) atoms. The summed E-state index contributed by atoms with van der Waals surface area (Å²) in [5, 5.41) is 1.15. The number of amides is 2. The molecule has 5 rings (SSSR count). The minimum Gasteiger partial charge on any atom is -0.497 e. The number of hydrogen-bond donors (Lipinski definition) is 1. The van der Waals surface area contributed by atoms with Gasteiger partial charge in [0.05, 0.1) is 40.1 Å². The Morgan fingerprint density at radius 3 is 2.59 bits per heavy atom. The van der Waals surface area contributed by atoms with E-state index in [2.05, 4.69) is 41.2 Å². The fourth-order valence-electron chi connectivity index (χ4n) is 5.67. The summed E-state index contributed by atoms with van der Waals surface area (Å²) in [6.45, 7) is 7.77. The Bertz CT molecular complexity index is 1250. The van der Waals surface area contributed by atoms with E-state index in [4.69, 9.17) is 18.9 Å². The van der Waals surface area contributed by atoms with Gasteiger partial charge >= 0.3 is 6.03 Å². The summed E-state index contributed by atoms with van der Waals surface area (Å²) in [7, 11) is 3.36. The number of urea groups is 1. The standard InChI is InChI=1S/C29H37N3O5/c1-5-37-28-16-24-22(15-27(28)35-4)19(2)18-32(29(33)31-10-12-36-13-11-31)26(24)9-6-20-17-30-25-8-7-21(34-3)14-23(20)25/h7-8,14-17,19,26,30H,5-6,9-13,18H2,1-4H3. The number of nitrogens with zero attached hydrogens (tertiary/aromatic N) is 2. The first-order chi connectivity index (χ1) is 18.0. The first kappa shape index (κ1) is 25.3. The molecule has 8 nitrogen and oxygen atoms in total. The van der Waals surface area contributed by atoms with Crippen LogP contribution in [0.2, 0.25) is 0 Å². The Morgan fingerprint density at radius 1 is 1.08 bits per heavy atom. The van der Waals surface area contributed by atoms with Crippen molar-refractivity contribution in [1.29, 1.82) is 0 Å². The van der Waals surface area contributed by atoms with Crippen molar-refractivity contribution in [2.45, 2.75) is 38.6 Å². The molecule has 0 spiro atoms. The van der Waals surface area contributed by atoms with Gasteiger partial charge in [-0.15, -0.1) is 0 Å². The highest BCUT2D eigenvalue weighted by Gasteiger charge is 2.37. The molecular weight excluding hydrogens is 470 g/mol. The summed E-state index contributed by atoms with van der Waals surface area (Å²) in [4.78, 5) is 21.2. The van der Waals surface area contributed by atoms with Crippen LogP contribution < -0.4 is 14.2 Å². The number of methoxy groups -OCH3 is 2. The van der Waals surface area contributed by atoms with Crippen LogP contribution in [0.15, 0.2) is 36.5 Å². The van der Waals surface area contributed by atoms with Gasteiger partial charge in [-0.2, -0.15) is 0 Å². The molecule has 2 amide bonds. The predicted octanol–water partition coefficient (Wildman–Crippen LogP) is 5.13. The number of aromatic nitrogens is 1. The van der Waals surface area contributed by atoms with Crippen LogP contribution in [0.1, 0.15) is 48.9 Å². The van der Waals surface area contributed by atoms with Crippen LogP contribution in [0.4, 0.5) is 4.79 Å². The number of morpholine rings is 1. The van der Waals surface area contributed by atoms with Gasteiger partial charge in [0.25, 0.3) is 0 Å². The van der Waals surface area contributed by atoms with Crippen LogP contribution in [0.25, 0.3) is 10.9 Å². The topological polar surface area (TPSA) is 76.3 Å². The average Bonchev–Trinajstić information content (AvgIpc) is 3.34. The Kier molecular flexibility index (Phi) is 7.46. The minimum absolute atomic E-state index is 0.0813. The smallest absolute Gasteiger partial charge is 0.320 e. The number of ether oxygens (including phenoxy) is 4. The third kappa shape index (κ3) is 4.94. The second-order valence-electron chi connectivity index (χ2n) is 9.78. The van der Waals surface area contributed by atoms with E-state index in [0.717, 1.165) is 46.6 Å². The van der Waals surface area contributed by atoms with Crippen molar-refractivity contribution in [3.63, 3.8) is 0 Å². The molecule has 2 aromatic carbocycles. The highest BCUT2D eigenvalue weighted by atomic mass is 16.5. The van der Waals surface area contributed by atoms with Crippen molar-refractivity contribution >= 4 is 16.9 Å². The lowest BCUT2D eigenvalue weighted by atomic mass is 9.83. The van der Waals surface area contributed by atoms with Crippen LogP contribution in [0.3, 0.4) is 0 Å². The first-order valence-corrected chi connectivity index (χ1v) is 13.2. The Labute approximate surface area is 218 Å². The quantitative estimate of drug-likeness (QED) is 0.480. The van der Waals surface area contributed by atoms with Crippen molar-refractivity contribution in [2.24, 2.45) is 0 Å². The van der Waals surface area contributed by atoms with Gasteiger partial charge in [-0.05, 0) is 72.7 Å². The SMILES string of the molecule is CCOc1cc2c(cc1OC)C(C)CN(C(=O)N1CCOCC1)C2CCc1c[nH]c2ccc(OC)cc12. The molecule has 1 aromatic heterocycles. The van der Waals surface area contributed by atoms with Gasteiger partial charge in [0.2, 0.25) is 0 Å². The van der Waals surface area contributed by atoms with E-state index in [1.807, 2.05) is 24.0 Å². The number of benzene rings is 2. The second kappa shape index (κ2) is 10.9. The molecule has 0 saturated carbocycles. The zero-order chi connectivity index (χ0) is 25.9. The highest BCUT2D eigenvalue weighted by molar-refractivity contribution is 5.84. The average molecular weight is 508 g/mol. The van der Waals surface area contributed by atoms with E-state index in [-0.39, 0.29) is 18.0 Å². The summed E-state index contributed by atoms with van der Waals surface area (Å²) < 4.78 is 22.6. The Hall–Kier alpha value is -3.39. The lowest BCUT2D eigenvalue weighted by molar-refractivity contribution is 0.0365. The zero-order valence-electron chi connectivity index (χ0n) is 22.2. The normalized spacial score (nSPS) is 19.6. The molecule has 2 unspecified atom stereocenters. The number of aryl methyl sites for hydroxylation is 1. The van der Waals surface area contributed by atoms with Gasteiger partial charge in [0.15, 0.2) is 11.5 Å². The third-order valence-corrected chi connectivity index (χ3v) is 7.59. The van der Waals surface area contributed by atoms with Crippen molar-refractivity contribution in [1.82, 2.24) is 14.8 Å². The number of hydrogen-bond acceptors (Lipinski definition) is 5. The summed E-state index contributed by atoms with van der Waals surface area (Å²) >= 11 is 0. The first-order valence-electron chi connectivity index (χ1n) is 13.2. The predicted molar refractivity (Wildman–Crippen MR) is 143 cm³/mol. The van der Waals surface area contributed by atoms with E-state index < -0.39 is 0 Å². The van der Waals surface area contributed by atoms with Gasteiger partial charge in [0.1, 0.15) is 5.75 Å². The largest absolute Gasteiger partial charge is 0.497 e. The van der Waals surface area contributed by atoms with Gasteiger partial charge in [-0.25, -0.2) is 4.79 Å². The van der Waals surface area contributed by atoms with Crippen LogP contribution in [0.5, 0.6) is 17.2 Å². The molecule has 8 heteroatoms. The van der Waals surface area contributed by atoms with E-state index in [0.29, 0.717) is 39.5 Å². The molecule has 1 fully saturated rings. The third-order valence-electron chi connectivity index (χ3n) is 7.59.